The Kier molecular flexibility index (Phi) is 4.84. The average molecular weight is 341 g/mol. The molecule has 0 aromatic heterocycles. The number of hydrogen-bond donors (Lipinski definition) is 0. The maximum atomic E-state index is 13.2. The van der Waals surface area contributed by atoms with Gasteiger partial charge < -0.3 is 4.74 Å². The molecule has 0 bridgehead atoms. The predicted molar refractivity (Wildman–Crippen MR) is 74.7 cm³/mol. The number of carbonyl (C=O) groups is 1. The van der Waals surface area contributed by atoms with Gasteiger partial charge >= 0.3 is 0 Å². The first kappa shape index (κ1) is 14.7. The molecule has 20 heavy (non-hydrogen) atoms. The first-order valence-electron chi connectivity index (χ1n) is 5.88. The lowest BCUT2D eigenvalue weighted by Crippen LogP contribution is -2.13. The Bertz CT molecular complexity index is 612. The normalized spacial score (nSPS) is 10.3. The molecule has 0 atom stereocenters. The van der Waals surface area contributed by atoms with Crippen molar-refractivity contribution in [3.05, 3.63) is 64.1 Å². The van der Waals surface area contributed by atoms with E-state index in [-0.39, 0.29) is 30.4 Å². The second-order valence-corrected chi connectivity index (χ2v) is 5.06. The summed E-state index contributed by atoms with van der Waals surface area (Å²) in [6.45, 7) is -0.154. The van der Waals surface area contributed by atoms with Crippen LogP contribution in [0.2, 0.25) is 0 Å². The Labute approximate surface area is 123 Å². The molecule has 2 aromatic carbocycles. The summed E-state index contributed by atoms with van der Waals surface area (Å²) in [7, 11) is 0. The molecule has 2 rings (SSSR count). The van der Waals surface area contributed by atoms with Gasteiger partial charge in [-0.3, -0.25) is 4.79 Å². The Hall–Kier alpha value is -1.75. The fraction of sp³-hybridized carbons (Fsp3) is 0.133. The van der Waals surface area contributed by atoms with Crippen LogP contribution >= 0.6 is 15.9 Å². The highest BCUT2D eigenvalue weighted by Crippen LogP contribution is 2.20. The summed E-state index contributed by atoms with van der Waals surface area (Å²) in [6.07, 6.45) is 0.152. The molecule has 0 unspecified atom stereocenters. The number of carbonyl (C=O) groups excluding carboxylic acids is 1. The van der Waals surface area contributed by atoms with Gasteiger partial charge in [-0.25, -0.2) is 8.78 Å². The predicted octanol–water partition coefficient (Wildman–Crippen LogP) is 3.92. The Morgan fingerprint density at radius 1 is 1.10 bits per heavy atom. The van der Waals surface area contributed by atoms with Crippen LogP contribution in [0, 0.1) is 11.6 Å². The van der Waals surface area contributed by atoms with Crippen molar-refractivity contribution in [3.63, 3.8) is 0 Å². The lowest BCUT2D eigenvalue weighted by molar-refractivity contribution is -0.120. The highest BCUT2D eigenvalue weighted by molar-refractivity contribution is 9.10. The molecule has 2 aromatic rings. The van der Waals surface area contributed by atoms with Gasteiger partial charge in [-0.1, -0.05) is 12.1 Å². The maximum absolute atomic E-state index is 13.2. The molecule has 0 aliphatic heterocycles. The van der Waals surface area contributed by atoms with Gasteiger partial charge in [0, 0.05) is 12.5 Å². The SMILES string of the molecule is O=C(COc1ccc(Br)c(F)c1)Cc1ccc(F)cc1. The third kappa shape index (κ3) is 4.13. The van der Waals surface area contributed by atoms with Gasteiger partial charge in [0.15, 0.2) is 5.78 Å². The second-order valence-electron chi connectivity index (χ2n) is 4.21. The maximum Gasteiger partial charge on any atom is 0.174 e. The molecule has 0 saturated heterocycles. The van der Waals surface area contributed by atoms with Crippen LogP contribution in [0.25, 0.3) is 0 Å². The topological polar surface area (TPSA) is 26.3 Å². The highest BCUT2D eigenvalue weighted by atomic mass is 79.9. The molecule has 0 radical (unpaired) electrons. The molecule has 2 nitrogen and oxygen atoms in total. The molecule has 0 fully saturated rings. The molecule has 0 amide bonds. The van der Waals surface area contributed by atoms with E-state index >= 15 is 0 Å². The Balaban J connectivity index is 1.88. The molecule has 5 heteroatoms. The minimum Gasteiger partial charge on any atom is -0.486 e. The Morgan fingerprint density at radius 3 is 2.45 bits per heavy atom. The summed E-state index contributed by atoms with van der Waals surface area (Å²) in [4.78, 5) is 11.7. The zero-order valence-corrected chi connectivity index (χ0v) is 12.0. The number of ether oxygens (including phenoxy) is 1. The Morgan fingerprint density at radius 2 is 1.80 bits per heavy atom. The molecule has 0 heterocycles. The molecule has 0 saturated carbocycles. The molecule has 104 valence electrons. The number of halogens is 3. The monoisotopic (exact) mass is 340 g/mol. The molecular formula is C15H11BrF2O2. The van der Waals surface area contributed by atoms with Crippen LogP contribution in [-0.2, 0) is 11.2 Å². The zero-order valence-electron chi connectivity index (χ0n) is 10.4. The van der Waals surface area contributed by atoms with Gasteiger partial charge in [0.1, 0.15) is 24.0 Å². The third-order valence-electron chi connectivity index (χ3n) is 2.61. The van der Waals surface area contributed by atoms with E-state index in [2.05, 4.69) is 15.9 Å². The van der Waals surface area contributed by atoms with E-state index in [1.165, 1.54) is 24.3 Å². The van der Waals surface area contributed by atoms with Gasteiger partial charge in [-0.05, 0) is 45.8 Å². The van der Waals surface area contributed by atoms with Gasteiger partial charge in [0.05, 0.1) is 4.47 Å². The van der Waals surface area contributed by atoms with Gasteiger partial charge in [-0.15, -0.1) is 0 Å². The largest absolute Gasteiger partial charge is 0.486 e. The van der Waals surface area contributed by atoms with E-state index in [1.54, 1.807) is 18.2 Å². The van der Waals surface area contributed by atoms with E-state index < -0.39 is 5.82 Å². The highest BCUT2D eigenvalue weighted by Gasteiger charge is 2.07. The summed E-state index contributed by atoms with van der Waals surface area (Å²) in [5.74, 6) is -0.672. The van der Waals surface area contributed by atoms with Crippen molar-refractivity contribution in [2.75, 3.05) is 6.61 Å². The minimum absolute atomic E-state index is 0.152. The van der Waals surface area contributed by atoms with Crippen molar-refractivity contribution in [2.45, 2.75) is 6.42 Å². The van der Waals surface area contributed by atoms with E-state index in [9.17, 15) is 13.6 Å². The number of ketones is 1. The van der Waals surface area contributed by atoms with Crippen LogP contribution in [0.3, 0.4) is 0 Å². The summed E-state index contributed by atoms with van der Waals surface area (Å²) in [5, 5.41) is 0. The van der Waals surface area contributed by atoms with Crippen LogP contribution in [0.4, 0.5) is 8.78 Å². The van der Waals surface area contributed by atoms with Crippen LogP contribution < -0.4 is 4.74 Å². The van der Waals surface area contributed by atoms with Crippen molar-refractivity contribution < 1.29 is 18.3 Å². The van der Waals surface area contributed by atoms with E-state index in [0.717, 1.165) is 0 Å². The van der Waals surface area contributed by atoms with Crippen LogP contribution in [0.1, 0.15) is 5.56 Å². The lowest BCUT2D eigenvalue weighted by atomic mass is 10.1. The fourth-order valence-corrected chi connectivity index (χ4v) is 1.86. The first-order chi connectivity index (χ1) is 9.54. The number of hydrogen-bond acceptors (Lipinski definition) is 2. The standard InChI is InChI=1S/C15H11BrF2O2/c16-14-6-5-13(8-15(14)18)20-9-12(19)7-10-1-3-11(17)4-2-10/h1-6,8H,7,9H2. The zero-order chi connectivity index (χ0) is 14.5. The smallest absolute Gasteiger partial charge is 0.174 e. The van der Waals surface area contributed by atoms with Crippen molar-refractivity contribution in [1.82, 2.24) is 0 Å². The molecule has 0 spiro atoms. The first-order valence-corrected chi connectivity index (χ1v) is 6.68. The lowest BCUT2D eigenvalue weighted by Gasteiger charge is -2.06. The fourth-order valence-electron chi connectivity index (χ4n) is 1.61. The average Bonchev–Trinajstić information content (AvgIpc) is 2.43. The summed E-state index contributed by atoms with van der Waals surface area (Å²) < 4.78 is 31.5. The quantitative estimate of drug-likeness (QED) is 0.824. The molecular weight excluding hydrogens is 330 g/mol. The van der Waals surface area contributed by atoms with Gasteiger partial charge in [0.2, 0.25) is 0 Å². The van der Waals surface area contributed by atoms with E-state index in [4.69, 9.17) is 4.74 Å². The van der Waals surface area contributed by atoms with Crippen LogP contribution in [0.15, 0.2) is 46.9 Å². The van der Waals surface area contributed by atoms with Crippen LogP contribution in [-0.4, -0.2) is 12.4 Å². The van der Waals surface area contributed by atoms with Crippen LogP contribution in [0.5, 0.6) is 5.75 Å². The number of benzene rings is 2. The van der Waals surface area contributed by atoms with Gasteiger partial charge in [0.25, 0.3) is 0 Å². The summed E-state index contributed by atoms with van der Waals surface area (Å²) in [6, 6.07) is 9.98. The molecule has 0 aliphatic carbocycles. The molecule has 0 N–H and O–H groups in total. The van der Waals surface area contributed by atoms with E-state index in [1.807, 2.05) is 0 Å². The minimum atomic E-state index is -0.450. The van der Waals surface area contributed by atoms with Gasteiger partial charge in [-0.2, -0.15) is 0 Å². The van der Waals surface area contributed by atoms with Crippen molar-refractivity contribution in [2.24, 2.45) is 0 Å². The van der Waals surface area contributed by atoms with Crippen molar-refractivity contribution >= 4 is 21.7 Å². The van der Waals surface area contributed by atoms with E-state index in [0.29, 0.717) is 10.0 Å². The third-order valence-corrected chi connectivity index (χ3v) is 3.25. The number of Topliss-reactive ketones (excluding diaryl/α,β-unsaturated/α-hetero) is 1. The molecule has 0 aliphatic rings. The second kappa shape index (κ2) is 6.61. The summed E-state index contributed by atoms with van der Waals surface area (Å²) >= 11 is 3.03. The van der Waals surface area contributed by atoms with Crippen molar-refractivity contribution in [3.8, 4) is 5.75 Å². The van der Waals surface area contributed by atoms with Crippen molar-refractivity contribution in [1.29, 1.82) is 0 Å². The number of rotatable bonds is 5. The summed E-state index contributed by atoms with van der Waals surface area (Å²) in [5.41, 5.74) is 0.710.